The molecule has 2 aromatic rings. The largest absolute Gasteiger partial charge is 0.477 e. The lowest BCUT2D eigenvalue weighted by Gasteiger charge is -2.34. The van der Waals surface area contributed by atoms with Gasteiger partial charge >= 0.3 is 5.69 Å². The van der Waals surface area contributed by atoms with Crippen LogP contribution in [-0.4, -0.2) is 65.9 Å². The van der Waals surface area contributed by atoms with Crippen molar-refractivity contribution >= 4 is 23.2 Å². The Bertz CT molecular complexity index is 1000. The molecule has 0 unspecified atom stereocenters. The Hall–Kier alpha value is -3.53. The lowest BCUT2D eigenvalue weighted by Crippen LogP contribution is -2.51. The normalized spacial score (nSPS) is 14.2. The second kappa shape index (κ2) is 10.2. The van der Waals surface area contributed by atoms with E-state index in [1.54, 1.807) is 4.90 Å². The molecular formula is C22H25FN4O5. The van der Waals surface area contributed by atoms with Crippen molar-refractivity contribution in [2.45, 2.75) is 13.8 Å². The molecule has 1 aliphatic heterocycles. The molecule has 0 bridgehead atoms. The zero-order valence-corrected chi connectivity index (χ0v) is 18.0. The number of para-hydroxylation sites is 1. The molecule has 2 aromatic carbocycles. The van der Waals surface area contributed by atoms with Crippen molar-refractivity contribution in [1.82, 2.24) is 9.80 Å². The van der Waals surface area contributed by atoms with Gasteiger partial charge in [0.05, 0.1) is 11.5 Å². The summed E-state index contributed by atoms with van der Waals surface area (Å²) in [4.78, 5) is 38.7. The summed E-state index contributed by atoms with van der Waals surface area (Å²) in [5.74, 6) is -1.46. The molecule has 1 aliphatic rings. The molecule has 1 saturated heterocycles. The van der Waals surface area contributed by atoms with Gasteiger partial charge in [-0.2, -0.15) is 0 Å². The number of ether oxygens (including phenoxy) is 1. The number of anilines is 1. The van der Waals surface area contributed by atoms with Gasteiger partial charge in [-0.3, -0.25) is 24.6 Å². The van der Waals surface area contributed by atoms with E-state index < -0.39 is 23.0 Å². The van der Waals surface area contributed by atoms with Crippen LogP contribution in [0, 0.1) is 29.8 Å². The second-order valence-corrected chi connectivity index (χ2v) is 7.63. The third kappa shape index (κ3) is 5.79. The van der Waals surface area contributed by atoms with Crippen LogP contribution in [0.2, 0.25) is 0 Å². The van der Waals surface area contributed by atoms with E-state index >= 15 is 0 Å². The van der Waals surface area contributed by atoms with Gasteiger partial charge in [-0.15, -0.1) is 0 Å². The average molecular weight is 444 g/mol. The summed E-state index contributed by atoms with van der Waals surface area (Å²) < 4.78 is 18.6. The summed E-state index contributed by atoms with van der Waals surface area (Å²) in [7, 11) is 0. The zero-order valence-electron chi connectivity index (χ0n) is 18.0. The van der Waals surface area contributed by atoms with Gasteiger partial charge in [0.25, 0.3) is 5.91 Å². The Morgan fingerprint density at radius 1 is 1.12 bits per heavy atom. The van der Waals surface area contributed by atoms with Crippen LogP contribution < -0.4 is 10.1 Å². The number of rotatable bonds is 7. The molecule has 32 heavy (non-hydrogen) atoms. The van der Waals surface area contributed by atoms with E-state index in [9.17, 15) is 24.1 Å². The highest BCUT2D eigenvalue weighted by molar-refractivity contribution is 5.93. The number of benzene rings is 2. The van der Waals surface area contributed by atoms with Crippen molar-refractivity contribution in [3.05, 3.63) is 63.5 Å². The molecule has 2 amide bonds. The first-order chi connectivity index (χ1) is 15.2. The number of piperazine rings is 1. The summed E-state index contributed by atoms with van der Waals surface area (Å²) >= 11 is 0. The van der Waals surface area contributed by atoms with Gasteiger partial charge in [0.15, 0.2) is 6.61 Å². The Morgan fingerprint density at radius 3 is 2.41 bits per heavy atom. The minimum absolute atomic E-state index is 0.121. The summed E-state index contributed by atoms with van der Waals surface area (Å²) in [6, 6.07) is 8.66. The lowest BCUT2D eigenvalue weighted by molar-refractivity contribution is -0.385. The molecule has 0 aliphatic carbocycles. The van der Waals surface area contributed by atoms with E-state index in [4.69, 9.17) is 4.74 Å². The van der Waals surface area contributed by atoms with Crippen LogP contribution in [0.1, 0.15) is 11.1 Å². The molecule has 1 N–H and O–H groups in total. The maximum Gasteiger partial charge on any atom is 0.311 e. The Kier molecular flexibility index (Phi) is 7.37. The molecule has 0 aromatic heterocycles. The summed E-state index contributed by atoms with van der Waals surface area (Å²) in [6.45, 7) is 5.45. The van der Waals surface area contributed by atoms with Crippen LogP contribution in [0.3, 0.4) is 0 Å². The van der Waals surface area contributed by atoms with Crippen LogP contribution in [0.5, 0.6) is 5.75 Å². The second-order valence-electron chi connectivity index (χ2n) is 7.63. The molecule has 9 nitrogen and oxygen atoms in total. The number of aryl methyl sites for hydroxylation is 2. The smallest absolute Gasteiger partial charge is 0.311 e. The van der Waals surface area contributed by atoms with E-state index in [2.05, 4.69) is 5.32 Å². The highest BCUT2D eigenvalue weighted by atomic mass is 19.1. The molecule has 0 spiro atoms. The first-order valence-corrected chi connectivity index (χ1v) is 10.2. The van der Waals surface area contributed by atoms with Crippen LogP contribution in [0.15, 0.2) is 36.4 Å². The van der Waals surface area contributed by atoms with Crippen molar-refractivity contribution in [1.29, 1.82) is 0 Å². The Balaban J connectivity index is 1.47. The quantitative estimate of drug-likeness (QED) is 0.520. The number of nitro groups is 1. The van der Waals surface area contributed by atoms with Crippen LogP contribution in [-0.2, 0) is 9.59 Å². The topological polar surface area (TPSA) is 105 Å². The summed E-state index contributed by atoms with van der Waals surface area (Å²) in [6.07, 6.45) is 0. The Labute approximate surface area is 184 Å². The maximum absolute atomic E-state index is 13.4. The number of amides is 2. The van der Waals surface area contributed by atoms with Crippen LogP contribution in [0.25, 0.3) is 0 Å². The minimum Gasteiger partial charge on any atom is -0.477 e. The number of nitrogens with one attached hydrogen (secondary N) is 1. The van der Waals surface area contributed by atoms with Gasteiger partial charge in [0.2, 0.25) is 11.7 Å². The molecule has 170 valence electrons. The van der Waals surface area contributed by atoms with Crippen molar-refractivity contribution in [2.75, 3.05) is 44.6 Å². The van der Waals surface area contributed by atoms with Gasteiger partial charge in [0, 0.05) is 44.0 Å². The lowest BCUT2D eigenvalue weighted by atomic mass is 10.1. The van der Waals surface area contributed by atoms with Crippen molar-refractivity contribution in [3.63, 3.8) is 0 Å². The number of hydrogen-bond donors (Lipinski definition) is 1. The predicted octanol–water partition coefficient (Wildman–Crippen LogP) is 2.51. The van der Waals surface area contributed by atoms with E-state index in [1.165, 1.54) is 0 Å². The summed E-state index contributed by atoms with van der Waals surface area (Å²) in [5.41, 5.74) is 2.40. The number of carbonyl (C=O) groups is 2. The number of nitro benzene ring substituents is 1. The third-order valence-corrected chi connectivity index (χ3v) is 5.31. The molecule has 10 heteroatoms. The highest BCUT2D eigenvalue weighted by Crippen LogP contribution is 2.27. The standard InChI is InChI=1S/C22H25FN4O5/c1-15-4-3-5-16(2)22(15)24-20(28)13-25-8-10-26(11-9-25)21(29)14-32-19-12-17(23)6-7-18(19)27(30)31/h3-7,12H,8-11,13-14H2,1-2H3,(H,24,28). The van der Waals surface area contributed by atoms with Crippen molar-refractivity contribution in [3.8, 4) is 5.75 Å². The van der Waals surface area contributed by atoms with Gasteiger partial charge in [0.1, 0.15) is 5.82 Å². The van der Waals surface area contributed by atoms with E-state index in [0.29, 0.717) is 26.2 Å². The van der Waals surface area contributed by atoms with Gasteiger partial charge < -0.3 is 15.0 Å². The molecule has 0 atom stereocenters. The van der Waals surface area contributed by atoms with Crippen molar-refractivity contribution in [2.24, 2.45) is 0 Å². The van der Waals surface area contributed by atoms with E-state index in [-0.39, 0.29) is 24.1 Å². The molecule has 3 rings (SSSR count). The van der Waals surface area contributed by atoms with Gasteiger partial charge in [-0.25, -0.2) is 4.39 Å². The van der Waals surface area contributed by atoms with Crippen LogP contribution in [0.4, 0.5) is 15.8 Å². The van der Waals surface area contributed by atoms with E-state index in [1.807, 2.05) is 36.9 Å². The number of nitrogens with zero attached hydrogens (tertiary/aromatic N) is 3. The summed E-state index contributed by atoms with van der Waals surface area (Å²) in [5, 5.41) is 14.0. The first-order valence-electron chi connectivity index (χ1n) is 10.2. The van der Waals surface area contributed by atoms with Gasteiger partial charge in [-0.05, 0) is 31.0 Å². The highest BCUT2D eigenvalue weighted by Gasteiger charge is 2.24. The fraction of sp³-hybridized carbons (Fsp3) is 0.364. The van der Waals surface area contributed by atoms with Gasteiger partial charge in [-0.1, -0.05) is 18.2 Å². The monoisotopic (exact) mass is 444 g/mol. The number of halogens is 1. The van der Waals surface area contributed by atoms with E-state index in [0.717, 1.165) is 35.0 Å². The Morgan fingerprint density at radius 2 is 1.78 bits per heavy atom. The average Bonchev–Trinajstić information content (AvgIpc) is 2.75. The minimum atomic E-state index is -0.693. The number of hydrogen-bond acceptors (Lipinski definition) is 6. The molecule has 0 radical (unpaired) electrons. The first kappa shape index (κ1) is 23.1. The molecule has 1 heterocycles. The number of carbonyl (C=O) groups excluding carboxylic acids is 2. The fourth-order valence-electron chi connectivity index (χ4n) is 3.53. The molecular weight excluding hydrogens is 419 g/mol. The van der Waals surface area contributed by atoms with Crippen LogP contribution >= 0.6 is 0 Å². The zero-order chi connectivity index (χ0) is 23.3. The molecule has 0 saturated carbocycles. The fourth-order valence-corrected chi connectivity index (χ4v) is 3.53. The SMILES string of the molecule is Cc1cccc(C)c1NC(=O)CN1CCN(C(=O)COc2cc(F)ccc2[N+](=O)[O-])CC1. The van der Waals surface area contributed by atoms with Crippen molar-refractivity contribution < 1.29 is 23.6 Å². The predicted molar refractivity (Wildman–Crippen MR) is 116 cm³/mol. The third-order valence-electron chi connectivity index (χ3n) is 5.31. The maximum atomic E-state index is 13.4. The molecule has 1 fully saturated rings.